The topological polar surface area (TPSA) is 205 Å². The number of aliphatic hydroxyl groups excluding tert-OH is 2. The number of fused-ring (bicyclic) bond motifs is 10. The number of rotatable bonds is 1. The first kappa shape index (κ1) is 52.1. The van der Waals surface area contributed by atoms with Crippen LogP contribution in [0.4, 0.5) is 0 Å². The van der Waals surface area contributed by atoms with Gasteiger partial charge in [-0.2, -0.15) is 0 Å². The van der Waals surface area contributed by atoms with Crippen molar-refractivity contribution in [1.82, 2.24) is 0 Å². The normalized spacial score (nSPS) is 59.6. The Balaban J connectivity index is 0.671. The molecule has 2 N–H and O–H groups in total. The summed E-state index contributed by atoms with van der Waals surface area (Å²) < 4.78 is 110. The van der Waals surface area contributed by atoms with E-state index in [0.717, 1.165) is 43.3 Å². The van der Waals surface area contributed by atoms with E-state index in [1.165, 1.54) is 0 Å². The minimum absolute atomic E-state index is 0.00409. The van der Waals surface area contributed by atoms with Gasteiger partial charge < -0.3 is 86.0 Å². The molecule has 16 aliphatic rings. The fourth-order valence-corrected chi connectivity index (χ4v) is 17.6. The summed E-state index contributed by atoms with van der Waals surface area (Å²) in [6.45, 7) is 19.5. The molecule has 16 saturated heterocycles. The molecule has 16 heterocycles. The highest BCUT2D eigenvalue weighted by molar-refractivity contribution is 5.70. The van der Waals surface area contributed by atoms with Crippen LogP contribution in [0.15, 0.2) is 24.3 Å². The van der Waals surface area contributed by atoms with Gasteiger partial charge in [0.25, 0.3) is 0 Å². The molecule has 0 saturated carbocycles. The molecule has 16 fully saturated rings. The summed E-state index contributed by atoms with van der Waals surface area (Å²) in [4.78, 5) is 14.6. The Bertz CT molecular complexity index is 2320. The van der Waals surface area contributed by atoms with Crippen LogP contribution in [-0.4, -0.2) is 187 Å². The minimum Gasteiger partial charge on any atom is -0.459 e. The van der Waals surface area contributed by atoms with Gasteiger partial charge in [-0.05, 0) is 80.8 Å². The molecule has 19 heteroatoms. The van der Waals surface area contributed by atoms with Gasteiger partial charge in [0.1, 0.15) is 66.6 Å². The molecule has 16 rings (SSSR count). The molecule has 0 aliphatic carbocycles. The van der Waals surface area contributed by atoms with Gasteiger partial charge >= 0.3 is 5.97 Å². The van der Waals surface area contributed by atoms with E-state index in [1.807, 2.05) is 0 Å². The molecule has 31 unspecified atom stereocenters. The third-order valence-corrected chi connectivity index (χ3v) is 21.3. The predicted molar refractivity (Wildman–Crippen MR) is 264 cm³/mol. The van der Waals surface area contributed by atoms with E-state index in [4.69, 9.17) is 75.8 Å². The zero-order valence-corrected chi connectivity index (χ0v) is 45.4. The number of carbonyl (C=O) groups excluding carboxylic acids is 1. The molecule has 0 radical (unpaired) electrons. The monoisotopic (exact) mass is 1080 g/mol. The summed E-state index contributed by atoms with van der Waals surface area (Å²) in [6, 6.07) is 0. The summed E-state index contributed by atoms with van der Waals surface area (Å²) in [5.41, 5.74) is 1.55. The Morgan fingerprint density at radius 2 is 1.27 bits per heavy atom. The van der Waals surface area contributed by atoms with Crippen molar-refractivity contribution in [3.63, 3.8) is 0 Å². The highest BCUT2D eigenvalue weighted by Gasteiger charge is 2.73. The maximum absolute atomic E-state index is 14.6. The molecule has 428 valence electrons. The van der Waals surface area contributed by atoms with Crippen LogP contribution in [0.1, 0.15) is 137 Å². The average Bonchev–Trinajstić information content (AvgIpc) is 4.34. The molecule has 12 bridgehead atoms. The molecule has 19 nitrogen and oxygen atoms in total. The van der Waals surface area contributed by atoms with Gasteiger partial charge in [0.15, 0.2) is 29.9 Å². The summed E-state index contributed by atoms with van der Waals surface area (Å²) in [5.74, 6) is -3.19. The Morgan fingerprint density at radius 1 is 0.545 bits per heavy atom. The number of hydrogen-bond donors (Lipinski definition) is 2. The van der Waals surface area contributed by atoms with E-state index in [0.29, 0.717) is 64.2 Å². The first-order valence-electron chi connectivity index (χ1n) is 29.8. The average molecular weight is 1080 g/mol. The SMILES string of the molecule is C=C1CC2CCC34CC5(C)OC6C(O3)C3OC(CCC3OC6C5O4)CC(=O)OC3C(CC4OC(CCC1O2)CC(C)C4=C)OC1OC2OC4(CC2OC1C3C)CC1OC2(CC(C)C3OC(CO)C(O)CC3O2)CC(C)C1O4. The Kier molecular flexibility index (Phi) is 12.8. The van der Waals surface area contributed by atoms with E-state index in [9.17, 15) is 15.0 Å². The van der Waals surface area contributed by atoms with Crippen LogP contribution in [0.25, 0.3) is 0 Å². The molecule has 77 heavy (non-hydrogen) atoms. The zero-order valence-electron chi connectivity index (χ0n) is 45.4. The van der Waals surface area contributed by atoms with Crippen molar-refractivity contribution in [2.24, 2.45) is 23.7 Å². The Morgan fingerprint density at radius 3 is 2.12 bits per heavy atom. The largest absolute Gasteiger partial charge is 0.459 e. The molecule has 0 aromatic heterocycles. The molecule has 16 aliphatic heterocycles. The van der Waals surface area contributed by atoms with Crippen LogP contribution in [-0.2, 0) is 80.6 Å². The van der Waals surface area contributed by atoms with E-state index < -0.39 is 90.5 Å². The zero-order chi connectivity index (χ0) is 52.7. The molecule has 0 aromatic rings. The van der Waals surface area contributed by atoms with Crippen molar-refractivity contribution in [2.45, 2.75) is 301 Å². The maximum atomic E-state index is 14.6. The lowest BCUT2D eigenvalue weighted by Crippen LogP contribution is -2.62. The second-order valence-corrected chi connectivity index (χ2v) is 26.9. The molecule has 0 amide bonds. The second kappa shape index (κ2) is 18.9. The number of aliphatic hydroxyl groups is 2. The van der Waals surface area contributed by atoms with Gasteiger partial charge in [-0.1, -0.05) is 40.9 Å². The van der Waals surface area contributed by atoms with Crippen LogP contribution >= 0.6 is 0 Å². The quantitative estimate of drug-likeness (QED) is 0.259. The lowest BCUT2D eigenvalue weighted by Gasteiger charge is -2.54. The van der Waals surface area contributed by atoms with Gasteiger partial charge in [0, 0.05) is 57.3 Å². The van der Waals surface area contributed by atoms with Crippen LogP contribution in [0.2, 0.25) is 0 Å². The standard InChI is InChI=1S/C58H82O19/c1-25-14-31-8-10-35-26(2)15-33(62-35)12-13-56-24-55(7)52(76-56)51-50(73-55)49(75-56)48-36(65-51)11-9-32(64-48)16-43(61)69-46-30(6)47-54(68-38(46)18-37(63-31)29(25)5)70-53-41(66-47)22-58(77-53)21-40-45(74-58)28(4)20-57(72-40)19-27(3)44-39(71-57)17-34(60)42(23-59)67-44/h25,27-28,30-42,44-54,59-60H,2,5,8-24H2,1,3-4,6-7H3. The first-order chi connectivity index (χ1) is 36.9. The van der Waals surface area contributed by atoms with E-state index >= 15 is 0 Å². The van der Waals surface area contributed by atoms with E-state index in [1.54, 1.807) is 0 Å². The molecule has 3 spiro atoms. The molecular weight excluding hydrogens is 1000 g/mol. The third-order valence-electron chi connectivity index (χ3n) is 21.3. The fraction of sp³-hybridized carbons (Fsp3) is 0.914. The number of hydrogen-bond acceptors (Lipinski definition) is 19. The maximum Gasteiger partial charge on any atom is 0.308 e. The van der Waals surface area contributed by atoms with Crippen LogP contribution in [0, 0.1) is 23.7 Å². The van der Waals surface area contributed by atoms with Crippen molar-refractivity contribution in [3.8, 4) is 0 Å². The second-order valence-electron chi connectivity index (χ2n) is 26.9. The summed E-state index contributed by atoms with van der Waals surface area (Å²) in [6.07, 6.45) is -0.173. The van der Waals surface area contributed by atoms with Crippen LogP contribution in [0.5, 0.6) is 0 Å². The number of ether oxygens (including phenoxy) is 16. The first-order valence-corrected chi connectivity index (χ1v) is 29.8. The number of carbonyl (C=O) groups is 1. The summed E-state index contributed by atoms with van der Waals surface area (Å²) in [5, 5.41) is 20.6. The lowest BCUT2D eigenvalue weighted by atomic mass is 9.78. The highest BCUT2D eigenvalue weighted by Crippen LogP contribution is 2.60. The Labute approximate surface area is 451 Å². The molecule has 0 aromatic carbocycles. The van der Waals surface area contributed by atoms with Crippen molar-refractivity contribution >= 4 is 5.97 Å². The van der Waals surface area contributed by atoms with E-state index in [-0.39, 0.29) is 116 Å². The van der Waals surface area contributed by atoms with E-state index in [2.05, 4.69) is 47.8 Å². The predicted octanol–water partition coefficient (Wildman–Crippen LogP) is 5.11. The van der Waals surface area contributed by atoms with Gasteiger partial charge in [-0.15, -0.1) is 0 Å². The summed E-state index contributed by atoms with van der Waals surface area (Å²) in [7, 11) is 0. The minimum atomic E-state index is -1.04. The smallest absolute Gasteiger partial charge is 0.308 e. The van der Waals surface area contributed by atoms with Crippen molar-refractivity contribution in [3.05, 3.63) is 24.3 Å². The summed E-state index contributed by atoms with van der Waals surface area (Å²) >= 11 is 0. The lowest BCUT2D eigenvalue weighted by molar-refractivity contribution is -0.393. The molecule has 31 atom stereocenters. The van der Waals surface area contributed by atoms with Crippen molar-refractivity contribution < 1.29 is 90.8 Å². The fourth-order valence-electron chi connectivity index (χ4n) is 17.6. The molecular formula is C58H82O19. The Hall–Kier alpha value is -1.73. The number of esters is 1. The van der Waals surface area contributed by atoms with Gasteiger partial charge in [-0.3, -0.25) is 4.79 Å². The van der Waals surface area contributed by atoms with Crippen LogP contribution in [0.3, 0.4) is 0 Å². The highest BCUT2D eigenvalue weighted by atomic mass is 16.9. The van der Waals surface area contributed by atoms with Gasteiger partial charge in [0.05, 0.1) is 80.2 Å². The van der Waals surface area contributed by atoms with Crippen molar-refractivity contribution in [1.29, 1.82) is 0 Å². The van der Waals surface area contributed by atoms with Gasteiger partial charge in [-0.25, -0.2) is 0 Å². The third kappa shape index (κ3) is 8.69. The van der Waals surface area contributed by atoms with Crippen molar-refractivity contribution in [2.75, 3.05) is 6.61 Å². The van der Waals surface area contributed by atoms with Crippen LogP contribution < -0.4 is 0 Å². The van der Waals surface area contributed by atoms with Gasteiger partial charge in [0.2, 0.25) is 0 Å².